The van der Waals surface area contributed by atoms with Crippen molar-refractivity contribution in [3.8, 4) is 5.75 Å². The molecule has 0 saturated carbocycles. The Morgan fingerprint density at radius 3 is 2.84 bits per heavy atom. The van der Waals surface area contributed by atoms with Crippen molar-refractivity contribution in [3.05, 3.63) is 53.9 Å². The van der Waals surface area contributed by atoms with E-state index < -0.39 is 0 Å². The van der Waals surface area contributed by atoms with Crippen molar-refractivity contribution in [1.29, 1.82) is 0 Å². The van der Waals surface area contributed by atoms with Crippen molar-refractivity contribution in [2.24, 2.45) is 0 Å². The molecule has 1 aromatic heterocycles. The first-order valence-corrected chi connectivity index (χ1v) is 5.83. The third-order valence-electron chi connectivity index (χ3n) is 2.69. The maximum atomic E-state index is 11.9. The molecule has 0 saturated heterocycles. The highest BCUT2D eigenvalue weighted by Gasteiger charge is 2.11. The van der Waals surface area contributed by atoms with E-state index in [2.05, 4.69) is 10.3 Å². The average Bonchev–Trinajstić information content (AvgIpc) is 2.45. The van der Waals surface area contributed by atoms with Crippen molar-refractivity contribution >= 4 is 11.6 Å². The van der Waals surface area contributed by atoms with Crippen LogP contribution in [-0.4, -0.2) is 18.0 Å². The van der Waals surface area contributed by atoms with Gasteiger partial charge in [-0.2, -0.15) is 0 Å². The third-order valence-corrected chi connectivity index (χ3v) is 2.69. The fourth-order valence-corrected chi connectivity index (χ4v) is 1.72. The van der Waals surface area contributed by atoms with Crippen molar-refractivity contribution in [3.63, 3.8) is 0 Å². The first-order chi connectivity index (χ1) is 9.22. The molecule has 5 heteroatoms. The molecule has 5 nitrogen and oxygen atoms in total. The number of pyridine rings is 1. The molecule has 1 amide bonds. The third kappa shape index (κ3) is 3.01. The number of nitrogens with zero attached hydrogens (tertiary/aromatic N) is 1. The quantitative estimate of drug-likeness (QED) is 0.872. The molecule has 0 radical (unpaired) electrons. The number of nitrogens with one attached hydrogen (secondary N) is 1. The second kappa shape index (κ2) is 5.86. The summed E-state index contributed by atoms with van der Waals surface area (Å²) in [5.74, 6) is 0.431. The Morgan fingerprint density at radius 2 is 2.11 bits per heavy atom. The SMILES string of the molecule is COc1ccccc1CNC(=O)c1ncccc1N. The summed E-state index contributed by atoms with van der Waals surface area (Å²) in [6.45, 7) is 0.360. The summed E-state index contributed by atoms with van der Waals surface area (Å²) in [5, 5.41) is 2.77. The summed E-state index contributed by atoms with van der Waals surface area (Å²) in [6.07, 6.45) is 1.54. The van der Waals surface area contributed by atoms with E-state index in [9.17, 15) is 4.79 Å². The number of nitrogen functional groups attached to an aromatic ring is 1. The smallest absolute Gasteiger partial charge is 0.272 e. The summed E-state index contributed by atoms with van der Waals surface area (Å²) in [5.41, 5.74) is 7.19. The van der Waals surface area contributed by atoms with Gasteiger partial charge in [-0.1, -0.05) is 18.2 Å². The van der Waals surface area contributed by atoms with E-state index in [1.54, 1.807) is 19.2 Å². The molecule has 0 fully saturated rings. The highest BCUT2D eigenvalue weighted by Crippen LogP contribution is 2.17. The number of ether oxygens (including phenoxy) is 1. The molecule has 0 atom stereocenters. The standard InChI is InChI=1S/C14H15N3O2/c1-19-12-7-3-2-5-10(12)9-17-14(18)13-11(15)6-4-8-16-13/h2-8H,9,15H2,1H3,(H,17,18). The van der Waals surface area contributed by atoms with Crippen molar-refractivity contribution in [1.82, 2.24) is 10.3 Å². The molecule has 0 spiro atoms. The zero-order valence-corrected chi connectivity index (χ0v) is 10.6. The van der Waals surface area contributed by atoms with Gasteiger partial charge in [0.25, 0.3) is 5.91 Å². The fourth-order valence-electron chi connectivity index (χ4n) is 1.72. The number of para-hydroxylation sites is 1. The zero-order valence-electron chi connectivity index (χ0n) is 10.6. The topological polar surface area (TPSA) is 77.2 Å². The minimum absolute atomic E-state index is 0.234. The van der Waals surface area contributed by atoms with E-state index in [4.69, 9.17) is 10.5 Å². The van der Waals surface area contributed by atoms with E-state index in [0.717, 1.165) is 11.3 Å². The molecule has 2 rings (SSSR count). The molecule has 3 N–H and O–H groups in total. The van der Waals surface area contributed by atoms with Crippen LogP contribution in [0.15, 0.2) is 42.6 Å². The van der Waals surface area contributed by atoms with Gasteiger partial charge in [-0.3, -0.25) is 4.79 Å². The summed E-state index contributed by atoms with van der Waals surface area (Å²) >= 11 is 0. The number of hydrogen-bond donors (Lipinski definition) is 2. The van der Waals surface area contributed by atoms with Crippen LogP contribution in [0.1, 0.15) is 16.1 Å². The van der Waals surface area contributed by atoms with Crippen LogP contribution in [0.3, 0.4) is 0 Å². The predicted molar refractivity (Wildman–Crippen MR) is 72.8 cm³/mol. The molecule has 0 bridgehead atoms. The van der Waals surface area contributed by atoms with Gasteiger partial charge in [-0.25, -0.2) is 4.98 Å². The summed E-state index contributed by atoms with van der Waals surface area (Å²) in [6, 6.07) is 10.8. The molecule has 98 valence electrons. The highest BCUT2D eigenvalue weighted by molar-refractivity contribution is 5.96. The van der Waals surface area contributed by atoms with Crippen molar-refractivity contribution in [2.45, 2.75) is 6.54 Å². The molecule has 0 aliphatic heterocycles. The fraction of sp³-hybridized carbons (Fsp3) is 0.143. The molecular weight excluding hydrogens is 242 g/mol. The van der Waals surface area contributed by atoms with Gasteiger partial charge >= 0.3 is 0 Å². The van der Waals surface area contributed by atoms with Gasteiger partial charge in [0.05, 0.1) is 12.8 Å². The van der Waals surface area contributed by atoms with Crippen LogP contribution in [0.25, 0.3) is 0 Å². The molecular formula is C14H15N3O2. The van der Waals surface area contributed by atoms with Crippen LogP contribution in [0, 0.1) is 0 Å². The Hall–Kier alpha value is -2.56. The number of anilines is 1. The van der Waals surface area contributed by atoms with Gasteiger partial charge < -0.3 is 15.8 Å². The van der Waals surface area contributed by atoms with Crippen LogP contribution in [0.4, 0.5) is 5.69 Å². The zero-order chi connectivity index (χ0) is 13.7. The number of rotatable bonds is 4. The Kier molecular flexibility index (Phi) is 3.97. The second-order valence-electron chi connectivity index (χ2n) is 3.94. The van der Waals surface area contributed by atoms with Crippen LogP contribution in [-0.2, 0) is 6.54 Å². The number of carbonyl (C=O) groups is 1. The van der Waals surface area contributed by atoms with Crippen molar-refractivity contribution < 1.29 is 9.53 Å². The minimum Gasteiger partial charge on any atom is -0.496 e. The molecule has 19 heavy (non-hydrogen) atoms. The number of nitrogens with two attached hydrogens (primary N) is 1. The molecule has 0 aliphatic rings. The lowest BCUT2D eigenvalue weighted by Crippen LogP contribution is -2.25. The van der Waals surface area contributed by atoms with Crippen LogP contribution < -0.4 is 15.8 Å². The van der Waals surface area contributed by atoms with E-state index >= 15 is 0 Å². The van der Waals surface area contributed by atoms with Gasteiger partial charge in [0.15, 0.2) is 5.69 Å². The second-order valence-corrected chi connectivity index (χ2v) is 3.94. The highest BCUT2D eigenvalue weighted by atomic mass is 16.5. The molecule has 1 heterocycles. The number of methoxy groups -OCH3 is 1. The van der Waals surface area contributed by atoms with Crippen LogP contribution >= 0.6 is 0 Å². The van der Waals surface area contributed by atoms with Gasteiger partial charge in [-0.15, -0.1) is 0 Å². The number of benzene rings is 1. The largest absolute Gasteiger partial charge is 0.496 e. The lowest BCUT2D eigenvalue weighted by Gasteiger charge is -2.09. The van der Waals surface area contributed by atoms with Crippen LogP contribution in [0.2, 0.25) is 0 Å². The first-order valence-electron chi connectivity index (χ1n) is 5.83. The Bertz CT molecular complexity index is 584. The van der Waals surface area contributed by atoms with Crippen LogP contribution in [0.5, 0.6) is 5.75 Å². The monoisotopic (exact) mass is 257 g/mol. The molecule has 1 aromatic carbocycles. The van der Waals surface area contributed by atoms with Gasteiger partial charge in [0.1, 0.15) is 5.75 Å². The molecule has 2 aromatic rings. The number of hydrogen-bond acceptors (Lipinski definition) is 4. The van der Waals surface area contributed by atoms with Gasteiger partial charge in [-0.05, 0) is 18.2 Å². The number of amides is 1. The minimum atomic E-state index is -0.302. The molecule has 0 unspecified atom stereocenters. The Balaban J connectivity index is 2.07. The average molecular weight is 257 g/mol. The summed E-state index contributed by atoms with van der Waals surface area (Å²) < 4.78 is 5.22. The van der Waals surface area contributed by atoms with Crippen molar-refractivity contribution in [2.75, 3.05) is 12.8 Å². The van der Waals surface area contributed by atoms with E-state index in [1.165, 1.54) is 6.20 Å². The first kappa shape index (κ1) is 12.9. The maximum absolute atomic E-state index is 11.9. The summed E-state index contributed by atoms with van der Waals surface area (Å²) in [7, 11) is 1.59. The van der Waals surface area contributed by atoms with Gasteiger partial charge in [0.2, 0.25) is 0 Å². The normalized spacial score (nSPS) is 9.95. The lowest BCUT2D eigenvalue weighted by molar-refractivity contribution is 0.0946. The number of aromatic nitrogens is 1. The maximum Gasteiger partial charge on any atom is 0.272 e. The molecule has 0 aliphatic carbocycles. The van der Waals surface area contributed by atoms with E-state index in [0.29, 0.717) is 12.2 Å². The number of carbonyl (C=O) groups excluding carboxylic acids is 1. The van der Waals surface area contributed by atoms with E-state index in [-0.39, 0.29) is 11.6 Å². The Labute approximate surface area is 111 Å². The predicted octanol–water partition coefficient (Wildman–Crippen LogP) is 1.60. The van der Waals surface area contributed by atoms with Gasteiger partial charge in [0, 0.05) is 18.3 Å². The summed E-state index contributed by atoms with van der Waals surface area (Å²) in [4.78, 5) is 15.9. The lowest BCUT2D eigenvalue weighted by atomic mass is 10.2. The van der Waals surface area contributed by atoms with E-state index in [1.807, 2.05) is 24.3 Å². The Morgan fingerprint density at radius 1 is 1.32 bits per heavy atom.